The minimum absolute atomic E-state index is 0.107. The number of benzene rings is 1. The number of anilines is 1. The zero-order chi connectivity index (χ0) is 21.0. The second-order valence-corrected chi connectivity index (χ2v) is 5.85. The van der Waals surface area contributed by atoms with E-state index in [0.717, 1.165) is 17.7 Å². The first-order valence-electron chi connectivity index (χ1n) is 8.16. The average Bonchev–Trinajstić information content (AvgIpc) is 2.67. The molecular weight excluding hydrogens is 389 g/mol. The average molecular weight is 402 g/mol. The van der Waals surface area contributed by atoms with Gasteiger partial charge in [0.05, 0.1) is 23.7 Å². The fraction of sp³-hybridized carbons (Fsp3) is 0.105. The Balaban J connectivity index is 1.84. The standard InChI is InChI=1S/C19H13F3N4O3/c1-11-4-5-23-7-15(11)18(28)26-17-9-24-16(8-25-17)14-6-13(29-19(20,21)22)3-2-12(14)10-27/h2-10H,1H3,(H,25,26,28). The van der Waals surface area contributed by atoms with Crippen molar-refractivity contribution in [3.63, 3.8) is 0 Å². The summed E-state index contributed by atoms with van der Waals surface area (Å²) in [6, 6.07) is 4.93. The van der Waals surface area contributed by atoms with E-state index >= 15 is 0 Å². The third-order valence-corrected chi connectivity index (χ3v) is 3.84. The maximum atomic E-state index is 12.4. The number of carbonyl (C=O) groups is 2. The first-order valence-corrected chi connectivity index (χ1v) is 8.16. The molecule has 1 N–H and O–H groups in total. The van der Waals surface area contributed by atoms with Gasteiger partial charge in [-0.05, 0) is 36.8 Å². The zero-order valence-corrected chi connectivity index (χ0v) is 14.9. The van der Waals surface area contributed by atoms with E-state index in [1.165, 1.54) is 24.7 Å². The maximum Gasteiger partial charge on any atom is 0.573 e. The van der Waals surface area contributed by atoms with Gasteiger partial charge >= 0.3 is 6.36 Å². The van der Waals surface area contributed by atoms with Gasteiger partial charge in [-0.25, -0.2) is 4.98 Å². The summed E-state index contributed by atoms with van der Waals surface area (Å²) in [6.07, 6.45) is 1.03. The molecule has 1 amide bonds. The number of halogens is 3. The smallest absolute Gasteiger partial charge is 0.406 e. The predicted molar refractivity (Wildman–Crippen MR) is 96.5 cm³/mol. The predicted octanol–water partition coefficient (Wildman–Crippen LogP) is 3.81. The summed E-state index contributed by atoms with van der Waals surface area (Å²) in [4.78, 5) is 35.5. The molecule has 0 saturated heterocycles. The van der Waals surface area contributed by atoms with E-state index < -0.39 is 18.0 Å². The number of nitrogens with zero attached hydrogens (tertiary/aromatic N) is 3. The number of aldehydes is 1. The van der Waals surface area contributed by atoms with Crippen LogP contribution >= 0.6 is 0 Å². The highest BCUT2D eigenvalue weighted by molar-refractivity contribution is 6.04. The number of amides is 1. The Bertz CT molecular complexity index is 1050. The first kappa shape index (κ1) is 19.9. The molecule has 0 fully saturated rings. The van der Waals surface area contributed by atoms with Crippen LogP contribution in [0.5, 0.6) is 5.75 Å². The number of nitrogens with one attached hydrogen (secondary N) is 1. The van der Waals surface area contributed by atoms with Gasteiger partial charge in [-0.1, -0.05) is 0 Å². The summed E-state index contributed by atoms with van der Waals surface area (Å²) in [5.74, 6) is -0.812. The quantitative estimate of drug-likeness (QED) is 0.653. The number of aromatic nitrogens is 3. The number of aryl methyl sites for hydroxylation is 1. The van der Waals surface area contributed by atoms with Crippen molar-refractivity contribution in [1.29, 1.82) is 0 Å². The second kappa shape index (κ2) is 8.05. The van der Waals surface area contributed by atoms with Crippen LogP contribution in [-0.4, -0.2) is 33.5 Å². The SMILES string of the molecule is Cc1ccncc1C(=O)Nc1cnc(-c2cc(OC(F)(F)F)ccc2C=O)cn1. The van der Waals surface area contributed by atoms with Gasteiger partial charge < -0.3 is 10.1 Å². The topological polar surface area (TPSA) is 94.1 Å². The Labute approximate surface area is 162 Å². The molecule has 3 rings (SSSR count). The molecule has 0 aliphatic carbocycles. The zero-order valence-electron chi connectivity index (χ0n) is 14.9. The molecular formula is C19H13F3N4O3. The number of hydrogen-bond acceptors (Lipinski definition) is 6. The highest BCUT2D eigenvalue weighted by Crippen LogP contribution is 2.29. The Kier molecular flexibility index (Phi) is 5.53. The van der Waals surface area contributed by atoms with Crippen LogP contribution in [0, 0.1) is 6.92 Å². The van der Waals surface area contributed by atoms with E-state index in [1.807, 2.05) is 0 Å². The van der Waals surface area contributed by atoms with Crippen molar-refractivity contribution in [2.45, 2.75) is 13.3 Å². The van der Waals surface area contributed by atoms with E-state index in [0.29, 0.717) is 11.8 Å². The summed E-state index contributed by atoms with van der Waals surface area (Å²) < 4.78 is 41.2. The van der Waals surface area contributed by atoms with E-state index in [2.05, 4.69) is 25.0 Å². The van der Waals surface area contributed by atoms with Gasteiger partial charge in [0.15, 0.2) is 12.1 Å². The maximum absolute atomic E-state index is 12.4. The van der Waals surface area contributed by atoms with Crippen molar-refractivity contribution in [2.24, 2.45) is 0 Å². The Morgan fingerprint density at radius 3 is 2.55 bits per heavy atom. The summed E-state index contributed by atoms with van der Waals surface area (Å²) in [5, 5.41) is 2.55. The molecule has 3 aromatic rings. The van der Waals surface area contributed by atoms with E-state index in [1.54, 1.807) is 19.2 Å². The molecule has 2 aromatic heterocycles. The van der Waals surface area contributed by atoms with Gasteiger partial charge in [-0.2, -0.15) is 0 Å². The van der Waals surface area contributed by atoms with Crippen LogP contribution in [0.25, 0.3) is 11.3 Å². The van der Waals surface area contributed by atoms with Gasteiger partial charge in [-0.3, -0.25) is 19.6 Å². The van der Waals surface area contributed by atoms with Crippen molar-refractivity contribution >= 4 is 18.0 Å². The first-order chi connectivity index (χ1) is 13.8. The summed E-state index contributed by atoms with van der Waals surface area (Å²) in [5.41, 5.74) is 1.43. The Hall–Kier alpha value is -3.82. The lowest BCUT2D eigenvalue weighted by Crippen LogP contribution is -2.17. The van der Waals surface area contributed by atoms with Crippen molar-refractivity contribution in [3.05, 3.63) is 65.7 Å². The van der Waals surface area contributed by atoms with Crippen LogP contribution < -0.4 is 10.1 Å². The van der Waals surface area contributed by atoms with Crippen LogP contribution in [0.15, 0.2) is 49.1 Å². The molecule has 0 radical (unpaired) electrons. The summed E-state index contributed by atoms with van der Waals surface area (Å²) in [7, 11) is 0. The highest BCUT2D eigenvalue weighted by Gasteiger charge is 2.31. The van der Waals surface area contributed by atoms with Crippen molar-refractivity contribution < 1.29 is 27.5 Å². The summed E-state index contributed by atoms with van der Waals surface area (Å²) in [6.45, 7) is 1.75. The van der Waals surface area contributed by atoms with Crippen LogP contribution in [-0.2, 0) is 0 Å². The lowest BCUT2D eigenvalue weighted by Gasteiger charge is -2.11. The molecule has 148 valence electrons. The number of alkyl halides is 3. The number of rotatable bonds is 5. The molecule has 0 bridgehead atoms. The fourth-order valence-corrected chi connectivity index (χ4v) is 2.47. The number of carbonyl (C=O) groups excluding carboxylic acids is 2. The molecule has 0 atom stereocenters. The van der Waals surface area contributed by atoms with E-state index in [4.69, 9.17) is 0 Å². The third-order valence-electron chi connectivity index (χ3n) is 3.84. The molecule has 0 aliphatic rings. The number of hydrogen-bond donors (Lipinski definition) is 1. The van der Waals surface area contributed by atoms with Gasteiger partial charge in [0.2, 0.25) is 0 Å². The highest BCUT2D eigenvalue weighted by atomic mass is 19.4. The van der Waals surface area contributed by atoms with Crippen LogP contribution in [0.4, 0.5) is 19.0 Å². The van der Waals surface area contributed by atoms with Crippen molar-refractivity contribution in [3.8, 4) is 17.0 Å². The number of ether oxygens (including phenoxy) is 1. The third kappa shape index (κ3) is 4.92. The van der Waals surface area contributed by atoms with E-state index in [-0.39, 0.29) is 22.6 Å². The van der Waals surface area contributed by atoms with Crippen LogP contribution in [0.2, 0.25) is 0 Å². The van der Waals surface area contributed by atoms with Gasteiger partial charge in [0, 0.05) is 23.5 Å². The molecule has 0 saturated carbocycles. The Morgan fingerprint density at radius 2 is 1.93 bits per heavy atom. The van der Waals surface area contributed by atoms with Crippen LogP contribution in [0.1, 0.15) is 26.3 Å². The van der Waals surface area contributed by atoms with Crippen molar-refractivity contribution in [2.75, 3.05) is 5.32 Å². The molecule has 0 spiro atoms. The minimum Gasteiger partial charge on any atom is -0.406 e. The summed E-state index contributed by atoms with van der Waals surface area (Å²) >= 11 is 0. The molecule has 10 heteroatoms. The molecule has 1 aromatic carbocycles. The van der Waals surface area contributed by atoms with Gasteiger partial charge in [0.1, 0.15) is 5.75 Å². The molecule has 29 heavy (non-hydrogen) atoms. The molecule has 2 heterocycles. The normalized spacial score (nSPS) is 11.0. The lowest BCUT2D eigenvalue weighted by atomic mass is 10.1. The molecule has 0 unspecified atom stereocenters. The van der Waals surface area contributed by atoms with Gasteiger partial charge in [0.25, 0.3) is 5.91 Å². The monoisotopic (exact) mass is 402 g/mol. The minimum atomic E-state index is -4.87. The van der Waals surface area contributed by atoms with Crippen molar-refractivity contribution in [1.82, 2.24) is 15.0 Å². The van der Waals surface area contributed by atoms with Gasteiger partial charge in [-0.15, -0.1) is 13.2 Å². The lowest BCUT2D eigenvalue weighted by molar-refractivity contribution is -0.274. The fourth-order valence-electron chi connectivity index (χ4n) is 2.47. The number of pyridine rings is 1. The molecule has 7 nitrogen and oxygen atoms in total. The Morgan fingerprint density at radius 1 is 1.14 bits per heavy atom. The van der Waals surface area contributed by atoms with Crippen LogP contribution in [0.3, 0.4) is 0 Å². The second-order valence-electron chi connectivity index (χ2n) is 5.85. The largest absolute Gasteiger partial charge is 0.573 e. The van der Waals surface area contributed by atoms with E-state index in [9.17, 15) is 22.8 Å². The molecule has 0 aliphatic heterocycles.